The average Bonchev–Trinajstić information content (AvgIpc) is 2.28. The molecule has 0 aromatic carbocycles. The maximum Gasteiger partial charge on any atom is 0.240 e. The molecule has 1 N–H and O–H groups in total. The molecule has 0 radical (unpaired) electrons. The van der Waals surface area contributed by atoms with E-state index in [0.29, 0.717) is 13.0 Å². The second-order valence-electron chi connectivity index (χ2n) is 3.63. The molecule has 1 saturated heterocycles. The predicted octanol–water partition coefficient (Wildman–Crippen LogP) is -0.827. The van der Waals surface area contributed by atoms with Crippen molar-refractivity contribution in [2.24, 2.45) is 0 Å². The van der Waals surface area contributed by atoms with Crippen molar-refractivity contribution >= 4 is 15.9 Å². The lowest BCUT2D eigenvalue weighted by molar-refractivity contribution is -0.128. The van der Waals surface area contributed by atoms with Crippen molar-refractivity contribution in [2.75, 3.05) is 32.6 Å². The van der Waals surface area contributed by atoms with Crippen LogP contribution >= 0.6 is 0 Å². The molecule has 6 nitrogen and oxygen atoms in total. The summed E-state index contributed by atoms with van der Waals surface area (Å²) in [4.78, 5) is 11.5. The number of morpholine rings is 1. The molecule has 94 valence electrons. The molecular weight excluding hydrogens is 232 g/mol. The SMILES string of the molecule is CCCS(=O)(=O)N1CCOCC1C(=O)NC. The minimum Gasteiger partial charge on any atom is -0.378 e. The molecule has 1 fully saturated rings. The molecule has 1 aliphatic heterocycles. The van der Waals surface area contributed by atoms with Gasteiger partial charge in [-0.2, -0.15) is 4.31 Å². The van der Waals surface area contributed by atoms with Gasteiger partial charge in [0.2, 0.25) is 15.9 Å². The summed E-state index contributed by atoms with van der Waals surface area (Å²) in [6.07, 6.45) is 0.542. The zero-order valence-electron chi connectivity index (χ0n) is 9.60. The first-order valence-corrected chi connectivity index (χ1v) is 6.92. The molecule has 1 rings (SSSR count). The van der Waals surface area contributed by atoms with Crippen molar-refractivity contribution < 1.29 is 17.9 Å². The molecule has 0 aromatic heterocycles. The van der Waals surface area contributed by atoms with Gasteiger partial charge in [-0.05, 0) is 6.42 Å². The summed E-state index contributed by atoms with van der Waals surface area (Å²) in [6.45, 7) is 2.52. The zero-order chi connectivity index (χ0) is 12.2. The minimum atomic E-state index is -3.35. The first kappa shape index (κ1) is 13.4. The summed E-state index contributed by atoms with van der Waals surface area (Å²) >= 11 is 0. The fourth-order valence-electron chi connectivity index (χ4n) is 1.67. The number of rotatable bonds is 4. The van der Waals surface area contributed by atoms with Gasteiger partial charge >= 0.3 is 0 Å². The van der Waals surface area contributed by atoms with Crippen LogP contribution in [0, 0.1) is 0 Å². The molecule has 16 heavy (non-hydrogen) atoms. The van der Waals surface area contributed by atoms with Gasteiger partial charge in [0, 0.05) is 13.6 Å². The van der Waals surface area contributed by atoms with E-state index in [4.69, 9.17) is 4.74 Å². The van der Waals surface area contributed by atoms with Gasteiger partial charge in [-0.15, -0.1) is 0 Å². The molecule has 1 heterocycles. The molecule has 0 aliphatic carbocycles. The van der Waals surface area contributed by atoms with Crippen LogP contribution < -0.4 is 5.32 Å². The van der Waals surface area contributed by atoms with Gasteiger partial charge < -0.3 is 10.1 Å². The topological polar surface area (TPSA) is 75.7 Å². The lowest BCUT2D eigenvalue weighted by atomic mass is 10.2. The third-order valence-electron chi connectivity index (χ3n) is 2.45. The Morgan fingerprint density at radius 3 is 2.81 bits per heavy atom. The smallest absolute Gasteiger partial charge is 0.240 e. The summed E-state index contributed by atoms with van der Waals surface area (Å²) < 4.78 is 30.2. The highest BCUT2D eigenvalue weighted by Crippen LogP contribution is 2.13. The van der Waals surface area contributed by atoms with Crippen LogP contribution in [-0.2, 0) is 19.6 Å². The van der Waals surface area contributed by atoms with E-state index in [1.165, 1.54) is 11.4 Å². The van der Waals surface area contributed by atoms with Gasteiger partial charge in [-0.1, -0.05) is 6.92 Å². The number of hydrogen-bond acceptors (Lipinski definition) is 4. The normalized spacial score (nSPS) is 23.0. The standard InChI is InChI=1S/C9H18N2O4S/c1-3-6-16(13,14)11-4-5-15-7-8(11)9(12)10-2/h8H,3-7H2,1-2H3,(H,10,12). The van der Waals surface area contributed by atoms with Gasteiger partial charge in [0.1, 0.15) is 6.04 Å². The van der Waals surface area contributed by atoms with E-state index < -0.39 is 16.1 Å². The summed E-state index contributed by atoms with van der Waals surface area (Å²) in [6, 6.07) is -0.727. The summed E-state index contributed by atoms with van der Waals surface area (Å²) in [7, 11) is -1.86. The predicted molar refractivity (Wildman–Crippen MR) is 59.5 cm³/mol. The van der Waals surface area contributed by atoms with E-state index in [0.717, 1.165) is 0 Å². The molecule has 0 aromatic rings. The van der Waals surface area contributed by atoms with Crippen LogP contribution in [0.25, 0.3) is 0 Å². The van der Waals surface area contributed by atoms with Crippen LogP contribution in [0.3, 0.4) is 0 Å². The first-order chi connectivity index (χ1) is 7.53. The lowest BCUT2D eigenvalue weighted by Crippen LogP contribution is -2.55. The number of amides is 1. The fourth-order valence-corrected chi connectivity index (χ4v) is 3.32. The maximum atomic E-state index is 11.9. The third-order valence-corrected chi connectivity index (χ3v) is 4.52. The first-order valence-electron chi connectivity index (χ1n) is 5.31. The minimum absolute atomic E-state index is 0.0699. The van der Waals surface area contributed by atoms with Crippen LogP contribution in [0.2, 0.25) is 0 Å². The van der Waals surface area contributed by atoms with Gasteiger partial charge in [-0.3, -0.25) is 4.79 Å². The number of sulfonamides is 1. The van der Waals surface area contributed by atoms with Crippen LogP contribution in [0.15, 0.2) is 0 Å². The highest BCUT2D eigenvalue weighted by Gasteiger charge is 2.36. The van der Waals surface area contributed by atoms with Crippen LogP contribution in [0.5, 0.6) is 0 Å². The van der Waals surface area contributed by atoms with E-state index in [2.05, 4.69) is 5.32 Å². The Morgan fingerprint density at radius 2 is 2.25 bits per heavy atom. The molecule has 0 spiro atoms. The Bertz CT molecular complexity index is 341. The average molecular weight is 250 g/mol. The molecule has 0 saturated carbocycles. The van der Waals surface area contributed by atoms with E-state index in [1.807, 2.05) is 0 Å². The number of likely N-dealkylation sites (N-methyl/N-ethyl adjacent to an activating group) is 1. The highest BCUT2D eigenvalue weighted by atomic mass is 32.2. The molecule has 1 atom stereocenters. The van der Waals surface area contributed by atoms with Crippen molar-refractivity contribution in [3.05, 3.63) is 0 Å². The van der Waals surface area contributed by atoms with Crippen molar-refractivity contribution in [2.45, 2.75) is 19.4 Å². The Morgan fingerprint density at radius 1 is 1.56 bits per heavy atom. The van der Waals surface area contributed by atoms with E-state index in [9.17, 15) is 13.2 Å². The largest absolute Gasteiger partial charge is 0.378 e. The van der Waals surface area contributed by atoms with Crippen molar-refractivity contribution in [3.8, 4) is 0 Å². The van der Waals surface area contributed by atoms with E-state index in [-0.39, 0.29) is 24.8 Å². The maximum absolute atomic E-state index is 11.9. The van der Waals surface area contributed by atoms with E-state index in [1.54, 1.807) is 6.92 Å². The number of nitrogens with zero attached hydrogens (tertiary/aromatic N) is 1. The van der Waals surface area contributed by atoms with Gasteiger partial charge in [0.15, 0.2) is 0 Å². The number of carbonyl (C=O) groups excluding carboxylic acids is 1. The van der Waals surface area contributed by atoms with Gasteiger partial charge in [0.25, 0.3) is 0 Å². The second kappa shape index (κ2) is 5.60. The molecule has 0 bridgehead atoms. The van der Waals surface area contributed by atoms with Gasteiger partial charge in [0.05, 0.1) is 19.0 Å². The number of nitrogens with one attached hydrogen (secondary N) is 1. The fraction of sp³-hybridized carbons (Fsp3) is 0.889. The van der Waals surface area contributed by atoms with Crippen LogP contribution in [0.4, 0.5) is 0 Å². The molecule has 7 heteroatoms. The lowest BCUT2D eigenvalue weighted by Gasteiger charge is -2.33. The highest BCUT2D eigenvalue weighted by molar-refractivity contribution is 7.89. The Kier molecular flexibility index (Phi) is 4.69. The van der Waals surface area contributed by atoms with Gasteiger partial charge in [-0.25, -0.2) is 8.42 Å². The number of hydrogen-bond donors (Lipinski definition) is 1. The zero-order valence-corrected chi connectivity index (χ0v) is 10.4. The quantitative estimate of drug-likeness (QED) is 0.707. The van der Waals surface area contributed by atoms with E-state index >= 15 is 0 Å². The molecular formula is C9H18N2O4S. The Labute approximate surface area is 96.0 Å². The second-order valence-corrected chi connectivity index (χ2v) is 5.67. The molecule has 1 aliphatic rings. The summed E-state index contributed by atoms with van der Waals surface area (Å²) in [5, 5.41) is 2.45. The van der Waals surface area contributed by atoms with Crippen LogP contribution in [0.1, 0.15) is 13.3 Å². The van der Waals surface area contributed by atoms with Crippen molar-refractivity contribution in [1.29, 1.82) is 0 Å². The summed E-state index contributed by atoms with van der Waals surface area (Å²) in [5.41, 5.74) is 0. The van der Waals surface area contributed by atoms with Crippen LogP contribution in [-0.4, -0.2) is 57.2 Å². The van der Waals surface area contributed by atoms with Crippen molar-refractivity contribution in [1.82, 2.24) is 9.62 Å². The third kappa shape index (κ3) is 2.93. The number of carbonyl (C=O) groups is 1. The molecule has 1 amide bonds. The number of ether oxygens (including phenoxy) is 1. The monoisotopic (exact) mass is 250 g/mol. The Hall–Kier alpha value is -0.660. The van der Waals surface area contributed by atoms with Crippen molar-refractivity contribution in [3.63, 3.8) is 0 Å². The Balaban J connectivity index is 2.86. The molecule has 1 unspecified atom stereocenters. The summed E-state index contributed by atoms with van der Waals surface area (Å²) in [5.74, 6) is -0.250.